The summed E-state index contributed by atoms with van der Waals surface area (Å²) >= 11 is 3.56. The molecule has 104 valence electrons. The van der Waals surface area contributed by atoms with Gasteiger partial charge in [0.05, 0.1) is 5.69 Å². The molecule has 0 radical (unpaired) electrons. The molecule has 1 aliphatic heterocycles. The minimum atomic E-state index is 0.819. The molecule has 0 unspecified atom stereocenters. The number of benzene rings is 1. The molecule has 3 rings (SSSR count). The van der Waals surface area contributed by atoms with Gasteiger partial charge in [-0.25, -0.2) is 9.97 Å². The van der Waals surface area contributed by atoms with Gasteiger partial charge in [0.25, 0.3) is 0 Å². The van der Waals surface area contributed by atoms with Crippen LogP contribution in [-0.2, 0) is 13.0 Å². The number of rotatable bonds is 2. The molecule has 20 heavy (non-hydrogen) atoms. The van der Waals surface area contributed by atoms with E-state index in [0.717, 1.165) is 47.0 Å². The largest absolute Gasteiger partial charge is 0.340 e. The van der Waals surface area contributed by atoms with Crippen LogP contribution in [0.15, 0.2) is 22.7 Å². The second-order valence-corrected chi connectivity index (χ2v) is 5.91. The van der Waals surface area contributed by atoms with E-state index in [1.807, 2.05) is 6.92 Å². The highest BCUT2D eigenvalue weighted by Gasteiger charge is 2.16. The lowest BCUT2D eigenvalue weighted by atomic mass is 10.1. The Kier molecular flexibility index (Phi) is 3.72. The molecule has 5 heteroatoms. The standard InChI is InChI=1S/C15H17BrN4/c1-9-3-4-11(7-13(9)16)20-15-12-8-17-6-5-14(12)18-10(2)19-15/h3-4,7,17H,5-6,8H2,1-2H3,(H,18,19,20). The number of aryl methyl sites for hydroxylation is 2. The molecule has 0 aliphatic carbocycles. The number of nitrogens with zero attached hydrogens (tertiary/aromatic N) is 2. The Morgan fingerprint density at radius 3 is 2.90 bits per heavy atom. The molecule has 2 aromatic rings. The first-order valence-electron chi connectivity index (χ1n) is 6.74. The fraction of sp³-hybridized carbons (Fsp3) is 0.333. The van der Waals surface area contributed by atoms with Crippen molar-refractivity contribution in [3.8, 4) is 0 Å². The van der Waals surface area contributed by atoms with Crippen LogP contribution < -0.4 is 10.6 Å². The van der Waals surface area contributed by atoms with Crippen LogP contribution in [0.25, 0.3) is 0 Å². The Morgan fingerprint density at radius 2 is 2.10 bits per heavy atom. The highest BCUT2D eigenvalue weighted by atomic mass is 79.9. The molecule has 0 amide bonds. The van der Waals surface area contributed by atoms with E-state index in [1.165, 1.54) is 11.1 Å². The predicted molar refractivity (Wildman–Crippen MR) is 84.3 cm³/mol. The summed E-state index contributed by atoms with van der Waals surface area (Å²) < 4.78 is 1.10. The summed E-state index contributed by atoms with van der Waals surface area (Å²) in [6, 6.07) is 6.24. The monoisotopic (exact) mass is 332 g/mol. The number of nitrogens with one attached hydrogen (secondary N) is 2. The van der Waals surface area contributed by atoms with Crippen LogP contribution in [0.2, 0.25) is 0 Å². The van der Waals surface area contributed by atoms with Gasteiger partial charge in [0, 0.05) is 35.2 Å². The van der Waals surface area contributed by atoms with Crippen LogP contribution in [0.1, 0.15) is 22.6 Å². The van der Waals surface area contributed by atoms with Crippen LogP contribution in [0, 0.1) is 13.8 Å². The van der Waals surface area contributed by atoms with Crippen LogP contribution in [0.4, 0.5) is 11.5 Å². The minimum absolute atomic E-state index is 0.819. The van der Waals surface area contributed by atoms with Crippen molar-refractivity contribution in [2.24, 2.45) is 0 Å². The van der Waals surface area contributed by atoms with Gasteiger partial charge in [0.1, 0.15) is 11.6 Å². The summed E-state index contributed by atoms with van der Waals surface area (Å²) in [7, 11) is 0. The maximum Gasteiger partial charge on any atom is 0.138 e. The van der Waals surface area contributed by atoms with Gasteiger partial charge in [-0.2, -0.15) is 0 Å². The van der Waals surface area contributed by atoms with E-state index in [0.29, 0.717) is 0 Å². The van der Waals surface area contributed by atoms with Gasteiger partial charge in [-0.3, -0.25) is 0 Å². The molecule has 0 spiro atoms. The summed E-state index contributed by atoms with van der Waals surface area (Å²) in [5.74, 6) is 1.73. The molecule has 0 saturated heterocycles. The van der Waals surface area contributed by atoms with Crippen molar-refractivity contribution in [1.29, 1.82) is 0 Å². The predicted octanol–water partition coefficient (Wildman–Crippen LogP) is 3.25. The topological polar surface area (TPSA) is 49.8 Å². The molecule has 0 saturated carbocycles. The quantitative estimate of drug-likeness (QED) is 0.886. The van der Waals surface area contributed by atoms with Gasteiger partial charge in [-0.15, -0.1) is 0 Å². The molecule has 0 atom stereocenters. The van der Waals surface area contributed by atoms with Crippen molar-refractivity contribution >= 4 is 27.4 Å². The Balaban J connectivity index is 1.97. The fourth-order valence-corrected chi connectivity index (χ4v) is 2.76. The highest BCUT2D eigenvalue weighted by Crippen LogP contribution is 2.26. The fourth-order valence-electron chi connectivity index (χ4n) is 2.38. The van der Waals surface area contributed by atoms with Gasteiger partial charge >= 0.3 is 0 Å². The number of aromatic nitrogens is 2. The highest BCUT2D eigenvalue weighted by molar-refractivity contribution is 9.10. The lowest BCUT2D eigenvalue weighted by molar-refractivity contribution is 0.625. The summed E-state index contributed by atoms with van der Waals surface area (Å²) in [4.78, 5) is 9.10. The zero-order valence-corrected chi connectivity index (χ0v) is 13.2. The number of hydrogen-bond donors (Lipinski definition) is 2. The molecule has 0 fully saturated rings. The van der Waals surface area contributed by atoms with Crippen molar-refractivity contribution in [1.82, 2.24) is 15.3 Å². The lowest BCUT2D eigenvalue weighted by Gasteiger charge is -2.20. The molecule has 1 aromatic carbocycles. The summed E-state index contributed by atoms with van der Waals surface area (Å²) in [6.07, 6.45) is 0.963. The summed E-state index contributed by atoms with van der Waals surface area (Å²) in [5, 5.41) is 6.80. The number of anilines is 2. The van der Waals surface area contributed by atoms with E-state index in [1.54, 1.807) is 0 Å². The average molecular weight is 333 g/mol. The third-order valence-electron chi connectivity index (χ3n) is 3.48. The maximum atomic E-state index is 4.56. The number of fused-ring (bicyclic) bond motifs is 1. The number of hydrogen-bond acceptors (Lipinski definition) is 4. The zero-order valence-electron chi connectivity index (χ0n) is 11.6. The van der Waals surface area contributed by atoms with Crippen LogP contribution in [0.5, 0.6) is 0 Å². The normalized spacial score (nSPS) is 13.9. The second kappa shape index (κ2) is 5.50. The molecule has 4 nitrogen and oxygen atoms in total. The zero-order chi connectivity index (χ0) is 14.1. The molecule has 2 heterocycles. The first-order valence-corrected chi connectivity index (χ1v) is 7.53. The van der Waals surface area contributed by atoms with Gasteiger partial charge in [0.2, 0.25) is 0 Å². The van der Waals surface area contributed by atoms with Crippen LogP contribution >= 0.6 is 15.9 Å². The molecule has 2 N–H and O–H groups in total. The van der Waals surface area contributed by atoms with Crippen molar-refractivity contribution in [2.75, 3.05) is 11.9 Å². The average Bonchev–Trinajstić information content (AvgIpc) is 2.43. The van der Waals surface area contributed by atoms with E-state index in [9.17, 15) is 0 Å². The third kappa shape index (κ3) is 2.69. The van der Waals surface area contributed by atoms with E-state index < -0.39 is 0 Å². The molecular formula is C15H17BrN4. The Hall–Kier alpha value is -1.46. The molecule has 1 aromatic heterocycles. The Morgan fingerprint density at radius 1 is 1.25 bits per heavy atom. The second-order valence-electron chi connectivity index (χ2n) is 5.06. The van der Waals surface area contributed by atoms with Gasteiger partial charge < -0.3 is 10.6 Å². The summed E-state index contributed by atoms with van der Waals surface area (Å²) in [5.41, 5.74) is 4.59. The molecule has 1 aliphatic rings. The van der Waals surface area contributed by atoms with E-state index in [-0.39, 0.29) is 0 Å². The van der Waals surface area contributed by atoms with Gasteiger partial charge in [-0.05, 0) is 31.5 Å². The molecule has 0 bridgehead atoms. The minimum Gasteiger partial charge on any atom is -0.340 e. The van der Waals surface area contributed by atoms with Crippen LogP contribution in [0.3, 0.4) is 0 Å². The maximum absolute atomic E-state index is 4.56. The lowest BCUT2D eigenvalue weighted by Crippen LogP contribution is -2.26. The number of halogens is 1. The van der Waals surface area contributed by atoms with Gasteiger partial charge in [0.15, 0.2) is 0 Å². The Bertz CT molecular complexity index is 655. The van der Waals surface area contributed by atoms with E-state index in [4.69, 9.17) is 0 Å². The third-order valence-corrected chi connectivity index (χ3v) is 4.33. The van der Waals surface area contributed by atoms with E-state index >= 15 is 0 Å². The SMILES string of the molecule is Cc1nc2c(c(Nc3ccc(C)c(Br)c3)n1)CNCC2. The van der Waals surface area contributed by atoms with Crippen molar-refractivity contribution in [3.05, 3.63) is 45.3 Å². The van der Waals surface area contributed by atoms with Crippen molar-refractivity contribution < 1.29 is 0 Å². The first kappa shape index (κ1) is 13.5. The van der Waals surface area contributed by atoms with Crippen LogP contribution in [-0.4, -0.2) is 16.5 Å². The molecular weight excluding hydrogens is 316 g/mol. The van der Waals surface area contributed by atoms with Crippen molar-refractivity contribution in [3.63, 3.8) is 0 Å². The van der Waals surface area contributed by atoms with Gasteiger partial charge in [-0.1, -0.05) is 22.0 Å². The van der Waals surface area contributed by atoms with Crippen molar-refractivity contribution in [2.45, 2.75) is 26.8 Å². The van der Waals surface area contributed by atoms with E-state index in [2.05, 4.69) is 61.7 Å². The summed E-state index contributed by atoms with van der Waals surface area (Å²) in [6.45, 7) is 5.83. The first-order chi connectivity index (χ1) is 9.63. The Labute approximate surface area is 127 Å². The smallest absolute Gasteiger partial charge is 0.138 e.